The van der Waals surface area contributed by atoms with E-state index in [9.17, 15) is 4.79 Å². The number of oxazole rings is 1. The number of hydrogen-bond acceptors (Lipinski definition) is 4. The molecule has 0 aliphatic heterocycles. The van der Waals surface area contributed by atoms with E-state index >= 15 is 0 Å². The molecular weight excluding hydrogens is 328 g/mol. The molecule has 2 aromatic heterocycles. The number of hydrogen-bond donors (Lipinski definition) is 1. The van der Waals surface area contributed by atoms with Gasteiger partial charge in [0.15, 0.2) is 11.3 Å². The summed E-state index contributed by atoms with van der Waals surface area (Å²) in [5, 5.41) is 3.32. The number of benzene rings is 2. The minimum absolute atomic E-state index is 0.240. The summed E-state index contributed by atoms with van der Waals surface area (Å²) in [5.41, 5.74) is 2.55. The molecule has 0 saturated heterocycles. The number of nitrogens with zero attached hydrogens (tertiary/aromatic N) is 1. The van der Waals surface area contributed by atoms with E-state index < -0.39 is 0 Å². The van der Waals surface area contributed by atoms with Gasteiger partial charge in [0.25, 0.3) is 5.91 Å². The van der Waals surface area contributed by atoms with Crippen molar-refractivity contribution < 1.29 is 13.6 Å². The number of carbonyl (C=O) groups is 1. The highest BCUT2D eigenvalue weighted by Gasteiger charge is 2.13. The number of amides is 1. The second kappa shape index (κ2) is 5.86. The Kier molecular flexibility index (Phi) is 3.55. The Morgan fingerprint density at radius 1 is 1.08 bits per heavy atom. The molecule has 0 saturated carbocycles. The van der Waals surface area contributed by atoms with Crippen molar-refractivity contribution in [3.05, 3.63) is 71.6 Å². The fourth-order valence-electron chi connectivity index (χ4n) is 2.35. The van der Waals surface area contributed by atoms with Crippen molar-refractivity contribution >= 4 is 34.3 Å². The third-order valence-corrected chi connectivity index (χ3v) is 3.83. The predicted octanol–water partition coefficient (Wildman–Crippen LogP) is 4.99. The summed E-state index contributed by atoms with van der Waals surface area (Å²) in [5.74, 6) is 0.347. The molecule has 0 atom stereocenters. The van der Waals surface area contributed by atoms with Crippen molar-refractivity contribution in [2.75, 3.05) is 5.32 Å². The minimum atomic E-state index is -0.329. The zero-order chi connectivity index (χ0) is 16.5. The lowest BCUT2D eigenvalue weighted by molar-refractivity contribution is 0.0996. The van der Waals surface area contributed by atoms with Crippen LogP contribution in [0.15, 0.2) is 69.7 Å². The van der Waals surface area contributed by atoms with Crippen LogP contribution in [0.3, 0.4) is 0 Å². The minimum Gasteiger partial charge on any atom is -0.459 e. The molecule has 0 aliphatic carbocycles. The van der Waals surface area contributed by atoms with Crippen molar-refractivity contribution in [1.29, 1.82) is 0 Å². The van der Waals surface area contributed by atoms with E-state index in [1.165, 1.54) is 6.26 Å². The third kappa shape index (κ3) is 2.66. The quantitative estimate of drug-likeness (QED) is 0.571. The summed E-state index contributed by atoms with van der Waals surface area (Å²) in [6.07, 6.45) is 1.45. The van der Waals surface area contributed by atoms with Gasteiger partial charge in [0.2, 0.25) is 5.89 Å². The molecule has 1 amide bonds. The number of furan rings is 1. The first kappa shape index (κ1) is 14.5. The van der Waals surface area contributed by atoms with Crippen molar-refractivity contribution in [2.45, 2.75) is 0 Å². The van der Waals surface area contributed by atoms with Gasteiger partial charge in [-0.3, -0.25) is 4.79 Å². The summed E-state index contributed by atoms with van der Waals surface area (Å²) in [7, 11) is 0. The predicted molar refractivity (Wildman–Crippen MR) is 91.1 cm³/mol. The Hall–Kier alpha value is -3.05. The van der Waals surface area contributed by atoms with Gasteiger partial charge in [-0.25, -0.2) is 4.98 Å². The standard InChI is InChI=1S/C18H11ClN2O3/c19-13-5-2-1-4-12(13)18-21-14-8-7-11(10-16(14)24-18)20-17(22)15-6-3-9-23-15/h1-10H,(H,20,22). The van der Waals surface area contributed by atoms with Crippen LogP contribution in [-0.4, -0.2) is 10.9 Å². The van der Waals surface area contributed by atoms with E-state index in [1.807, 2.05) is 18.2 Å². The van der Waals surface area contributed by atoms with Crippen LogP contribution in [0, 0.1) is 0 Å². The zero-order valence-electron chi connectivity index (χ0n) is 12.3. The molecule has 2 aromatic carbocycles. The molecule has 0 radical (unpaired) electrons. The van der Waals surface area contributed by atoms with Gasteiger partial charge in [0.05, 0.1) is 16.8 Å². The largest absolute Gasteiger partial charge is 0.459 e. The number of fused-ring (bicyclic) bond motifs is 1. The average Bonchev–Trinajstić information content (AvgIpc) is 3.24. The molecular formula is C18H11ClN2O3. The molecule has 5 nitrogen and oxygen atoms in total. The molecule has 4 aromatic rings. The van der Waals surface area contributed by atoms with Gasteiger partial charge in [-0.15, -0.1) is 0 Å². The second-order valence-corrected chi connectivity index (χ2v) is 5.52. The second-order valence-electron chi connectivity index (χ2n) is 5.11. The summed E-state index contributed by atoms with van der Waals surface area (Å²) < 4.78 is 10.8. The van der Waals surface area contributed by atoms with Crippen molar-refractivity contribution in [3.8, 4) is 11.5 Å². The monoisotopic (exact) mass is 338 g/mol. The molecule has 4 rings (SSSR count). The van der Waals surface area contributed by atoms with Crippen LogP contribution in [0.2, 0.25) is 5.02 Å². The number of nitrogens with one attached hydrogen (secondary N) is 1. The van der Waals surface area contributed by atoms with Gasteiger partial charge in [-0.05, 0) is 36.4 Å². The van der Waals surface area contributed by atoms with E-state index in [0.717, 1.165) is 5.56 Å². The van der Waals surface area contributed by atoms with Gasteiger partial charge >= 0.3 is 0 Å². The highest BCUT2D eigenvalue weighted by Crippen LogP contribution is 2.30. The Balaban J connectivity index is 1.66. The fourth-order valence-corrected chi connectivity index (χ4v) is 2.57. The molecule has 0 bridgehead atoms. The maximum atomic E-state index is 12.0. The summed E-state index contributed by atoms with van der Waals surface area (Å²) >= 11 is 6.18. The van der Waals surface area contributed by atoms with E-state index in [4.69, 9.17) is 20.4 Å². The Morgan fingerprint density at radius 3 is 2.75 bits per heavy atom. The van der Waals surface area contributed by atoms with E-state index in [0.29, 0.717) is 27.7 Å². The van der Waals surface area contributed by atoms with Crippen molar-refractivity contribution in [1.82, 2.24) is 4.98 Å². The molecule has 24 heavy (non-hydrogen) atoms. The van der Waals surface area contributed by atoms with Gasteiger partial charge in [0.1, 0.15) is 5.52 Å². The van der Waals surface area contributed by atoms with Crippen LogP contribution in [0.25, 0.3) is 22.6 Å². The Bertz CT molecular complexity index is 1020. The van der Waals surface area contributed by atoms with Crippen LogP contribution in [-0.2, 0) is 0 Å². The molecule has 0 unspecified atom stereocenters. The van der Waals surface area contributed by atoms with Crippen LogP contribution in [0.1, 0.15) is 10.6 Å². The molecule has 2 heterocycles. The maximum absolute atomic E-state index is 12.0. The van der Waals surface area contributed by atoms with Crippen LogP contribution >= 0.6 is 11.6 Å². The number of rotatable bonds is 3. The first-order valence-corrected chi connectivity index (χ1v) is 7.59. The zero-order valence-corrected chi connectivity index (χ0v) is 13.1. The molecule has 118 valence electrons. The normalized spacial score (nSPS) is 10.9. The smallest absolute Gasteiger partial charge is 0.291 e. The highest BCUT2D eigenvalue weighted by atomic mass is 35.5. The van der Waals surface area contributed by atoms with Crippen LogP contribution in [0.4, 0.5) is 5.69 Å². The molecule has 1 N–H and O–H groups in total. The third-order valence-electron chi connectivity index (χ3n) is 3.50. The molecule has 0 spiro atoms. The summed E-state index contributed by atoms with van der Waals surface area (Å²) in [6, 6.07) is 15.8. The summed E-state index contributed by atoms with van der Waals surface area (Å²) in [6.45, 7) is 0. The van der Waals surface area contributed by atoms with Crippen molar-refractivity contribution in [3.63, 3.8) is 0 Å². The van der Waals surface area contributed by atoms with Gasteiger partial charge in [0, 0.05) is 11.8 Å². The lowest BCUT2D eigenvalue weighted by Gasteiger charge is -2.02. The number of halogens is 1. The molecule has 0 aliphatic rings. The Morgan fingerprint density at radius 2 is 1.96 bits per heavy atom. The van der Waals surface area contributed by atoms with Gasteiger partial charge in [-0.2, -0.15) is 0 Å². The topological polar surface area (TPSA) is 68.3 Å². The average molecular weight is 339 g/mol. The van der Waals surface area contributed by atoms with Crippen molar-refractivity contribution in [2.24, 2.45) is 0 Å². The first-order valence-electron chi connectivity index (χ1n) is 7.21. The van der Waals surface area contributed by atoms with E-state index in [2.05, 4.69) is 10.3 Å². The maximum Gasteiger partial charge on any atom is 0.291 e. The van der Waals surface area contributed by atoms with Gasteiger partial charge < -0.3 is 14.2 Å². The SMILES string of the molecule is O=C(Nc1ccc2nc(-c3ccccc3Cl)oc2c1)c1ccco1. The van der Waals surface area contributed by atoms with E-state index in [1.54, 1.807) is 36.4 Å². The fraction of sp³-hybridized carbons (Fsp3) is 0. The van der Waals surface area contributed by atoms with Gasteiger partial charge in [-0.1, -0.05) is 23.7 Å². The van der Waals surface area contributed by atoms with Crippen LogP contribution < -0.4 is 5.32 Å². The molecule has 0 fully saturated rings. The lowest BCUT2D eigenvalue weighted by atomic mass is 10.2. The number of anilines is 1. The lowest BCUT2D eigenvalue weighted by Crippen LogP contribution is -2.10. The first-order chi connectivity index (χ1) is 11.7. The molecule has 6 heteroatoms. The Labute approximate surface area is 141 Å². The van der Waals surface area contributed by atoms with E-state index in [-0.39, 0.29) is 11.7 Å². The van der Waals surface area contributed by atoms with Crippen LogP contribution in [0.5, 0.6) is 0 Å². The summed E-state index contributed by atoms with van der Waals surface area (Å²) in [4.78, 5) is 16.4. The number of carbonyl (C=O) groups excluding carboxylic acids is 1. The highest BCUT2D eigenvalue weighted by molar-refractivity contribution is 6.33. The number of aromatic nitrogens is 1.